The van der Waals surface area contributed by atoms with Crippen LogP contribution in [0.15, 0.2) is 36.4 Å². The molecule has 6 nitrogen and oxygen atoms in total. The van der Waals surface area contributed by atoms with Gasteiger partial charge in [0.1, 0.15) is 5.69 Å². The van der Waals surface area contributed by atoms with Gasteiger partial charge >= 0.3 is 5.97 Å². The molecule has 6 heteroatoms. The third-order valence-electron chi connectivity index (χ3n) is 4.54. The zero-order valence-electron chi connectivity index (χ0n) is 16.2. The van der Waals surface area contributed by atoms with Crippen LogP contribution in [0.4, 0.5) is 0 Å². The fourth-order valence-corrected chi connectivity index (χ4v) is 3.03. The highest BCUT2D eigenvalue weighted by Gasteiger charge is 2.42. The molecule has 1 aliphatic rings. The molecule has 1 aliphatic heterocycles. The Morgan fingerprint density at radius 1 is 1.36 bits per heavy atom. The van der Waals surface area contributed by atoms with Crippen molar-refractivity contribution in [2.75, 3.05) is 20.2 Å². The number of aryl methyl sites for hydroxylation is 1. The normalized spacial score (nSPS) is 18.6. The Labute approximate surface area is 164 Å². The summed E-state index contributed by atoms with van der Waals surface area (Å²) in [5, 5.41) is 10.4. The Balaban J connectivity index is 1.92. The van der Waals surface area contributed by atoms with Gasteiger partial charge in [0.25, 0.3) is 5.91 Å². The molecule has 2 heterocycles. The van der Waals surface area contributed by atoms with Gasteiger partial charge < -0.3 is 14.7 Å². The van der Waals surface area contributed by atoms with E-state index in [4.69, 9.17) is 4.74 Å². The molecule has 1 N–H and O–H groups in total. The van der Waals surface area contributed by atoms with E-state index in [-0.39, 0.29) is 24.6 Å². The second-order valence-electron chi connectivity index (χ2n) is 6.80. The van der Waals surface area contributed by atoms with Crippen molar-refractivity contribution in [3.05, 3.63) is 53.2 Å². The van der Waals surface area contributed by atoms with Crippen molar-refractivity contribution >= 4 is 11.9 Å². The highest BCUT2D eigenvalue weighted by atomic mass is 16.5. The number of likely N-dealkylation sites (N-methyl/N-ethyl adjacent to an activating group) is 1. The molecule has 0 bridgehead atoms. The van der Waals surface area contributed by atoms with Gasteiger partial charge in [-0.15, -0.1) is 0 Å². The Kier molecular flexibility index (Phi) is 5.48. The zero-order chi connectivity index (χ0) is 20.3. The molecule has 2 aromatic rings. The molecular weight excluding hydrogens is 356 g/mol. The minimum absolute atomic E-state index is 0.252. The van der Waals surface area contributed by atoms with E-state index >= 15 is 0 Å². The third kappa shape index (κ3) is 4.05. The third-order valence-corrected chi connectivity index (χ3v) is 4.54. The zero-order valence-corrected chi connectivity index (χ0v) is 16.2. The van der Waals surface area contributed by atoms with Crippen molar-refractivity contribution in [3.8, 4) is 23.1 Å². The molecular formula is C22H22N2O4. The molecule has 0 radical (unpaired) electrons. The first-order valence-corrected chi connectivity index (χ1v) is 9.10. The van der Waals surface area contributed by atoms with Crippen molar-refractivity contribution in [1.82, 2.24) is 9.88 Å². The number of benzene rings is 1. The first kappa shape index (κ1) is 19.6. The largest absolute Gasteiger partial charge is 0.461 e. The molecule has 1 aromatic heterocycles. The van der Waals surface area contributed by atoms with Crippen LogP contribution in [-0.4, -0.2) is 52.7 Å². The van der Waals surface area contributed by atoms with Gasteiger partial charge in [-0.05, 0) is 43.7 Å². The first-order chi connectivity index (χ1) is 13.3. The quantitative estimate of drug-likeness (QED) is 0.654. The van der Waals surface area contributed by atoms with Gasteiger partial charge in [0.2, 0.25) is 5.60 Å². The summed E-state index contributed by atoms with van der Waals surface area (Å²) in [5.41, 5.74) is 1.56. The van der Waals surface area contributed by atoms with E-state index in [0.29, 0.717) is 17.8 Å². The number of amides is 1. The molecule has 0 saturated carbocycles. The fraction of sp³-hybridized carbons (Fsp3) is 0.318. The van der Waals surface area contributed by atoms with Gasteiger partial charge in [0.15, 0.2) is 0 Å². The van der Waals surface area contributed by atoms with Crippen LogP contribution in [0, 0.1) is 18.8 Å². The molecule has 144 valence electrons. The number of ether oxygens (including phenoxy) is 1. The number of pyridine rings is 1. The van der Waals surface area contributed by atoms with Crippen LogP contribution < -0.4 is 0 Å². The minimum atomic E-state index is -1.64. The van der Waals surface area contributed by atoms with Crippen molar-refractivity contribution in [2.45, 2.75) is 25.9 Å². The number of hydrogen-bond donors (Lipinski definition) is 1. The molecule has 0 aliphatic carbocycles. The second-order valence-corrected chi connectivity index (χ2v) is 6.80. The number of esters is 1. The average molecular weight is 378 g/mol. The number of carbonyl (C=O) groups is 2. The predicted octanol–water partition coefficient (Wildman–Crippen LogP) is 2.18. The minimum Gasteiger partial charge on any atom is -0.461 e. The summed E-state index contributed by atoms with van der Waals surface area (Å²) in [6, 6.07) is 10.9. The number of rotatable bonds is 3. The van der Waals surface area contributed by atoms with E-state index in [2.05, 4.69) is 16.8 Å². The van der Waals surface area contributed by atoms with Crippen LogP contribution in [0.3, 0.4) is 0 Å². The van der Waals surface area contributed by atoms with Crippen molar-refractivity contribution in [1.29, 1.82) is 0 Å². The van der Waals surface area contributed by atoms with Crippen LogP contribution in [0.5, 0.6) is 0 Å². The predicted molar refractivity (Wildman–Crippen MR) is 104 cm³/mol. The molecule has 1 fully saturated rings. The Morgan fingerprint density at radius 2 is 2.14 bits per heavy atom. The Bertz CT molecular complexity index is 990. The monoisotopic (exact) mass is 378 g/mol. The van der Waals surface area contributed by atoms with Gasteiger partial charge in [-0.25, -0.2) is 9.78 Å². The van der Waals surface area contributed by atoms with Crippen LogP contribution in [0.25, 0.3) is 11.3 Å². The van der Waals surface area contributed by atoms with Gasteiger partial charge in [0.05, 0.1) is 12.3 Å². The smallest absolute Gasteiger partial charge is 0.356 e. The number of likely N-dealkylation sites (tertiary alicyclic amines) is 1. The first-order valence-electron chi connectivity index (χ1n) is 9.10. The van der Waals surface area contributed by atoms with Crippen LogP contribution in [0.2, 0.25) is 0 Å². The standard InChI is InChI=1S/C22H22N2O4/c1-4-28-20(25)19-13-15(2)12-18(23-19)17-7-5-6-16(14-17)8-9-22(27)10-11-24(3)21(22)26/h5-7,12-14,27H,4,10-11H2,1-3H3/t22-/m0/s1. The molecule has 1 atom stereocenters. The summed E-state index contributed by atoms with van der Waals surface area (Å²) < 4.78 is 5.04. The van der Waals surface area contributed by atoms with E-state index in [1.807, 2.05) is 31.2 Å². The van der Waals surface area contributed by atoms with Crippen molar-refractivity contribution < 1.29 is 19.4 Å². The Hall–Kier alpha value is -3.17. The van der Waals surface area contributed by atoms with Crippen LogP contribution in [-0.2, 0) is 9.53 Å². The van der Waals surface area contributed by atoms with Crippen LogP contribution >= 0.6 is 0 Å². The lowest BCUT2D eigenvalue weighted by atomic mass is 10.0. The second kappa shape index (κ2) is 7.83. The van der Waals surface area contributed by atoms with Gasteiger partial charge in [0, 0.05) is 31.1 Å². The number of nitrogens with zero attached hydrogens (tertiary/aromatic N) is 2. The summed E-state index contributed by atoms with van der Waals surface area (Å²) in [6.45, 7) is 4.40. The van der Waals surface area contributed by atoms with E-state index in [0.717, 1.165) is 11.1 Å². The lowest BCUT2D eigenvalue weighted by Gasteiger charge is -2.13. The summed E-state index contributed by atoms with van der Waals surface area (Å²) >= 11 is 0. The molecule has 28 heavy (non-hydrogen) atoms. The van der Waals surface area contributed by atoms with Gasteiger partial charge in [-0.3, -0.25) is 4.79 Å². The van der Waals surface area contributed by atoms with E-state index in [1.165, 1.54) is 4.90 Å². The summed E-state index contributed by atoms with van der Waals surface area (Å²) in [5.74, 6) is 4.76. The summed E-state index contributed by atoms with van der Waals surface area (Å²) in [7, 11) is 1.65. The van der Waals surface area contributed by atoms with Gasteiger partial charge in [-0.1, -0.05) is 24.0 Å². The summed E-state index contributed by atoms with van der Waals surface area (Å²) in [4.78, 5) is 29.9. The topological polar surface area (TPSA) is 79.7 Å². The maximum atomic E-state index is 12.0. The number of aliphatic hydroxyl groups is 1. The summed E-state index contributed by atoms with van der Waals surface area (Å²) in [6.07, 6.45) is 0.289. The Morgan fingerprint density at radius 3 is 2.82 bits per heavy atom. The maximum absolute atomic E-state index is 12.0. The maximum Gasteiger partial charge on any atom is 0.356 e. The molecule has 0 spiro atoms. The van der Waals surface area contributed by atoms with Crippen LogP contribution in [0.1, 0.15) is 35.0 Å². The molecule has 1 saturated heterocycles. The molecule has 1 aromatic carbocycles. The van der Waals surface area contributed by atoms with E-state index in [9.17, 15) is 14.7 Å². The highest BCUT2D eigenvalue weighted by molar-refractivity contribution is 5.90. The lowest BCUT2D eigenvalue weighted by molar-refractivity contribution is -0.137. The molecule has 3 rings (SSSR count). The van der Waals surface area contributed by atoms with Crippen molar-refractivity contribution in [3.63, 3.8) is 0 Å². The SMILES string of the molecule is CCOC(=O)c1cc(C)cc(-c2cccc(C#C[C@]3(O)CCN(C)C3=O)c2)n1. The fourth-order valence-electron chi connectivity index (χ4n) is 3.03. The number of hydrogen-bond acceptors (Lipinski definition) is 5. The van der Waals surface area contributed by atoms with E-state index < -0.39 is 11.6 Å². The van der Waals surface area contributed by atoms with E-state index in [1.54, 1.807) is 26.1 Å². The molecule has 0 unspecified atom stereocenters. The average Bonchev–Trinajstić information content (AvgIpc) is 2.94. The van der Waals surface area contributed by atoms with Gasteiger partial charge in [-0.2, -0.15) is 0 Å². The molecule has 1 amide bonds. The highest BCUT2D eigenvalue weighted by Crippen LogP contribution is 2.23. The van der Waals surface area contributed by atoms with Crippen molar-refractivity contribution in [2.24, 2.45) is 0 Å². The number of aromatic nitrogens is 1. The lowest BCUT2D eigenvalue weighted by Crippen LogP contribution is -2.37. The number of carbonyl (C=O) groups excluding carboxylic acids is 2.